The van der Waals surface area contributed by atoms with Crippen molar-refractivity contribution in [3.63, 3.8) is 0 Å². The SMILES string of the molecule is COC(=O)Cc1csc(NC(=O)COc2cccc(Cl)c2)n1. The van der Waals surface area contributed by atoms with E-state index < -0.39 is 0 Å². The van der Waals surface area contributed by atoms with E-state index in [1.165, 1.54) is 18.4 Å². The lowest BCUT2D eigenvalue weighted by atomic mass is 10.3. The molecular weight excluding hydrogens is 328 g/mol. The maximum Gasteiger partial charge on any atom is 0.311 e. The van der Waals surface area contributed by atoms with E-state index in [-0.39, 0.29) is 24.9 Å². The molecule has 0 aliphatic heterocycles. The van der Waals surface area contributed by atoms with Crippen LogP contribution in [0.1, 0.15) is 5.69 Å². The molecule has 0 saturated heterocycles. The first-order chi connectivity index (χ1) is 10.6. The molecule has 2 rings (SSSR count). The van der Waals surface area contributed by atoms with Crippen molar-refractivity contribution in [1.82, 2.24) is 4.98 Å². The summed E-state index contributed by atoms with van der Waals surface area (Å²) in [5.41, 5.74) is 0.544. The molecule has 0 aliphatic carbocycles. The van der Waals surface area contributed by atoms with Crippen molar-refractivity contribution in [1.29, 1.82) is 0 Å². The van der Waals surface area contributed by atoms with Crippen LogP contribution < -0.4 is 10.1 Å². The Morgan fingerprint density at radius 1 is 1.41 bits per heavy atom. The second kappa shape index (κ2) is 7.77. The molecule has 1 aromatic heterocycles. The van der Waals surface area contributed by atoms with E-state index in [0.717, 1.165) is 0 Å². The predicted molar refractivity (Wildman–Crippen MR) is 83.4 cm³/mol. The number of hydrogen-bond donors (Lipinski definition) is 1. The van der Waals surface area contributed by atoms with Gasteiger partial charge in [0.15, 0.2) is 11.7 Å². The number of thiazole rings is 1. The zero-order valence-electron chi connectivity index (χ0n) is 11.7. The predicted octanol–water partition coefficient (Wildman–Crippen LogP) is 2.53. The Hall–Kier alpha value is -2.12. The Bertz CT molecular complexity index is 674. The highest BCUT2D eigenvalue weighted by molar-refractivity contribution is 7.13. The van der Waals surface area contributed by atoms with E-state index >= 15 is 0 Å². The van der Waals surface area contributed by atoms with Gasteiger partial charge in [-0.3, -0.25) is 14.9 Å². The van der Waals surface area contributed by atoms with Gasteiger partial charge in [0, 0.05) is 10.4 Å². The summed E-state index contributed by atoms with van der Waals surface area (Å²) in [6.45, 7) is -0.160. The first kappa shape index (κ1) is 16.3. The minimum Gasteiger partial charge on any atom is -0.484 e. The number of carbonyl (C=O) groups excluding carboxylic acids is 2. The van der Waals surface area contributed by atoms with E-state index in [1.54, 1.807) is 29.6 Å². The standard InChI is InChI=1S/C14H13ClN2O4S/c1-20-13(19)6-10-8-22-14(16-10)17-12(18)7-21-11-4-2-3-9(15)5-11/h2-5,8H,6-7H2,1H3,(H,16,17,18). The summed E-state index contributed by atoms with van der Waals surface area (Å²) in [6, 6.07) is 6.77. The number of aromatic nitrogens is 1. The molecule has 0 aliphatic rings. The van der Waals surface area contributed by atoms with Gasteiger partial charge in [-0.2, -0.15) is 0 Å². The van der Waals surface area contributed by atoms with Crippen LogP contribution in [0, 0.1) is 0 Å². The molecular formula is C14H13ClN2O4S. The van der Waals surface area contributed by atoms with Crippen LogP contribution in [0.15, 0.2) is 29.6 Å². The van der Waals surface area contributed by atoms with Gasteiger partial charge in [-0.25, -0.2) is 4.98 Å². The van der Waals surface area contributed by atoms with Gasteiger partial charge < -0.3 is 9.47 Å². The number of rotatable bonds is 6. The third kappa shape index (κ3) is 5.01. The van der Waals surface area contributed by atoms with Crippen LogP contribution in [-0.2, 0) is 20.7 Å². The number of benzene rings is 1. The molecule has 0 atom stereocenters. The average molecular weight is 341 g/mol. The van der Waals surface area contributed by atoms with E-state index in [2.05, 4.69) is 15.0 Å². The highest BCUT2D eigenvalue weighted by Crippen LogP contribution is 2.18. The van der Waals surface area contributed by atoms with E-state index in [0.29, 0.717) is 21.6 Å². The quantitative estimate of drug-likeness (QED) is 0.818. The molecule has 2 aromatic rings. The average Bonchev–Trinajstić information content (AvgIpc) is 2.92. The zero-order valence-corrected chi connectivity index (χ0v) is 13.2. The highest BCUT2D eigenvalue weighted by atomic mass is 35.5. The van der Waals surface area contributed by atoms with Crippen molar-refractivity contribution in [3.8, 4) is 5.75 Å². The molecule has 0 bridgehead atoms. The molecule has 22 heavy (non-hydrogen) atoms. The van der Waals surface area contributed by atoms with E-state index in [1.807, 2.05) is 0 Å². The van der Waals surface area contributed by atoms with Crippen molar-refractivity contribution in [2.75, 3.05) is 19.0 Å². The van der Waals surface area contributed by atoms with E-state index in [9.17, 15) is 9.59 Å². The summed E-state index contributed by atoms with van der Waals surface area (Å²) in [6.07, 6.45) is 0.0713. The maximum absolute atomic E-state index is 11.8. The number of hydrogen-bond acceptors (Lipinski definition) is 6. The van der Waals surface area contributed by atoms with Gasteiger partial charge in [0.05, 0.1) is 19.2 Å². The van der Waals surface area contributed by atoms with Crippen LogP contribution in [-0.4, -0.2) is 30.6 Å². The van der Waals surface area contributed by atoms with Gasteiger partial charge in [-0.1, -0.05) is 17.7 Å². The third-order valence-electron chi connectivity index (χ3n) is 2.52. The molecule has 0 radical (unpaired) electrons. The lowest BCUT2D eigenvalue weighted by Crippen LogP contribution is -2.20. The number of ether oxygens (including phenoxy) is 2. The van der Waals surface area contributed by atoms with Gasteiger partial charge in [-0.05, 0) is 18.2 Å². The molecule has 1 N–H and O–H groups in total. The highest BCUT2D eigenvalue weighted by Gasteiger charge is 2.10. The molecule has 6 nitrogen and oxygen atoms in total. The van der Waals surface area contributed by atoms with Gasteiger partial charge in [0.1, 0.15) is 5.75 Å². The fourth-order valence-electron chi connectivity index (χ4n) is 1.53. The number of carbonyl (C=O) groups is 2. The van der Waals surface area contributed by atoms with Crippen molar-refractivity contribution >= 4 is 39.9 Å². The Kier molecular flexibility index (Phi) is 5.74. The molecule has 0 unspecified atom stereocenters. The number of halogens is 1. The number of esters is 1. The van der Waals surface area contributed by atoms with Crippen LogP contribution in [0.3, 0.4) is 0 Å². The topological polar surface area (TPSA) is 77.5 Å². The molecule has 1 aromatic carbocycles. The van der Waals surface area contributed by atoms with Crippen molar-refractivity contribution in [2.45, 2.75) is 6.42 Å². The van der Waals surface area contributed by atoms with Crippen LogP contribution in [0.25, 0.3) is 0 Å². The van der Waals surface area contributed by atoms with Crippen LogP contribution in [0.5, 0.6) is 5.75 Å². The van der Waals surface area contributed by atoms with E-state index in [4.69, 9.17) is 16.3 Å². The zero-order chi connectivity index (χ0) is 15.9. The fourth-order valence-corrected chi connectivity index (χ4v) is 2.43. The van der Waals surface area contributed by atoms with Gasteiger partial charge in [-0.15, -0.1) is 11.3 Å². The van der Waals surface area contributed by atoms with Crippen LogP contribution >= 0.6 is 22.9 Å². The number of amides is 1. The minimum absolute atomic E-state index is 0.0713. The molecule has 116 valence electrons. The van der Waals surface area contributed by atoms with Gasteiger partial charge in [0.2, 0.25) is 0 Å². The number of nitrogens with zero attached hydrogens (tertiary/aromatic N) is 1. The number of anilines is 1. The first-order valence-corrected chi connectivity index (χ1v) is 7.52. The largest absolute Gasteiger partial charge is 0.484 e. The normalized spacial score (nSPS) is 10.1. The van der Waals surface area contributed by atoms with Gasteiger partial charge in [0.25, 0.3) is 5.91 Å². The van der Waals surface area contributed by atoms with Crippen LogP contribution in [0.4, 0.5) is 5.13 Å². The summed E-state index contributed by atoms with van der Waals surface area (Å²) in [5, 5.41) is 5.22. The first-order valence-electron chi connectivity index (χ1n) is 6.26. The maximum atomic E-state index is 11.8. The third-order valence-corrected chi connectivity index (χ3v) is 3.56. The summed E-state index contributed by atoms with van der Waals surface area (Å²) in [7, 11) is 1.31. The summed E-state index contributed by atoms with van der Waals surface area (Å²) >= 11 is 7.05. The Morgan fingerprint density at radius 3 is 2.95 bits per heavy atom. The summed E-state index contributed by atoms with van der Waals surface area (Å²) in [4.78, 5) is 27.0. The lowest BCUT2D eigenvalue weighted by Gasteiger charge is -2.05. The van der Waals surface area contributed by atoms with Crippen molar-refractivity contribution in [3.05, 3.63) is 40.4 Å². The lowest BCUT2D eigenvalue weighted by molar-refractivity contribution is -0.139. The Labute approximate surface area is 136 Å². The molecule has 8 heteroatoms. The molecule has 0 fully saturated rings. The second-order valence-electron chi connectivity index (χ2n) is 4.19. The molecule has 0 saturated carbocycles. The fraction of sp³-hybridized carbons (Fsp3) is 0.214. The number of nitrogens with one attached hydrogen (secondary N) is 1. The monoisotopic (exact) mass is 340 g/mol. The van der Waals surface area contributed by atoms with Gasteiger partial charge >= 0.3 is 5.97 Å². The molecule has 1 amide bonds. The summed E-state index contributed by atoms with van der Waals surface area (Å²) in [5.74, 6) is -0.223. The molecule has 1 heterocycles. The molecule has 0 spiro atoms. The van der Waals surface area contributed by atoms with Crippen molar-refractivity contribution < 1.29 is 19.1 Å². The Morgan fingerprint density at radius 2 is 2.23 bits per heavy atom. The number of methoxy groups -OCH3 is 1. The Balaban J connectivity index is 1.83. The van der Waals surface area contributed by atoms with Crippen LogP contribution in [0.2, 0.25) is 5.02 Å². The smallest absolute Gasteiger partial charge is 0.311 e. The van der Waals surface area contributed by atoms with Crippen molar-refractivity contribution in [2.24, 2.45) is 0 Å². The summed E-state index contributed by atoms with van der Waals surface area (Å²) < 4.78 is 9.87. The second-order valence-corrected chi connectivity index (χ2v) is 5.49. The minimum atomic E-state index is -0.382.